The van der Waals surface area contributed by atoms with Crippen LogP contribution in [0.25, 0.3) is 0 Å². The van der Waals surface area contributed by atoms with E-state index in [4.69, 9.17) is 26.4 Å². The molecule has 0 aliphatic heterocycles. The second-order valence-corrected chi connectivity index (χ2v) is 10.2. The zero-order valence-electron chi connectivity index (χ0n) is 21.6. The molecule has 10 nitrogen and oxygen atoms in total. The van der Waals surface area contributed by atoms with Crippen molar-refractivity contribution in [3.63, 3.8) is 0 Å². The maximum atomic E-state index is 12.9. The molecule has 1 fully saturated rings. The highest BCUT2D eigenvalue weighted by Crippen LogP contribution is 2.40. The van der Waals surface area contributed by atoms with Gasteiger partial charge in [0.25, 0.3) is 5.17 Å². The lowest BCUT2D eigenvalue weighted by atomic mass is 9.80. The van der Waals surface area contributed by atoms with Crippen LogP contribution in [-0.2, 0) is 23.8 Å². The number of methoxy groups -OCH3 is 1. The highest BCUT2D eigenvalue weighted by Gasteiger charge is 2.54. The number of imidazole rings is 1. The molecule has 5 atom stereocenters. The van der Waals surface area contributed by atoms with Crippen molar-refractivity contribution >= 4 is 35.4 Å². The van der Waals surface area contributed by atoms with E-state index >= 15 is 0 Å². The number of aromatic nitrogens is 2. The van der Waals surface area contributed by atoms with Crippen LogP contribution in [-0.4, -0.2) is 63.6 Å². The number of nitrogens with one attached hydrogen (secondary N) is 2. The maximum absolute atomic E-state index is 12.9. The molecule has 1 saturated carbocycles. The Morgan fingerprint density at radius 3 is 2.37 bits per heavy atom. The van der Waals surface area contributed by atoms with Crippen LogP contribution in [0.3, 0.4) is 0 Å². The fourth-order valence-corrected chi connectivity index (χ4v) is 5.00. The number of thiocarbonyl (C=S) groups is 1. The molecule has 1 heterocycles. The molecular weight excluding hydrogens is 472 g/mol. The lowest BCUT2D eigenvalue weighted by Crippen LogP contribution is -2.55. The predicted molar refractivity (Wildman–Crippen MR) is 134 cm³/mol. The first kappa shape index (κ1) is 28.5. The van der Waals surface area contributed by atoms with E-state index in [0.29, 0.717) is 0 Å². The Balaban J connectivity index is 2.52. The van der Waals surface area contributed by atoms with E-state index in [0.717, 1.165) is 12.8 Å². The molecule has 0 spiro atoms. The molecular formula is C24H38N4O6S. The van der Waals surface area contributed by atoms with Crippen LogP contribution in [0.2, 0.25) is 0 Å². The molecule has 2 rings (SSSR count). The first-order chi connectivity index (χ1) is 16.4. The molecule has 1 aliphatic rings. The monoisotopic (exact) mass is 510 g/mol. The minimum atomic E-state index is -0.769. The van der Waals surface area contributed by atoms with Crippen LogP contribution in [0.1, 0.15) is 60.8 Å². The third-order valence-electron chi connectivity index (χ3n) is 6.25. The molecule has 0 radical (unpaired) electrons. The third kappa shape index (κ3) is 7.65. The number of alkyl carbamates (subject to hydrolysis) is 1. The van der Waals surface area contributed by atoms with Crippen molar-refractivity contribution in [1.82, 2.24) is 20.2 Å². The van der Waals surface area contributed by atoms with Gasteiger partial charge >= 0.3 is 12.1 Å². The summed E-state index contributed by atoms with van der Waals surface area (Å²) in [6, 6.07) is -0.935. The second kappa shape index (κ2) is 12.3. The third-order valence-corrected chi connectivity index (χ3v) is 6.55. The number of ether oxygens (including phenoxy) is 3. The maximum Gasteiger partial charge on any atom is 0.407 e. The predicted octanol–water partition coefficient (Wildman–Crippen LogP) is 3.04. The average molecular weight is 511 g/mol. The van der Waals surface area contributed by atoms with Gasteiger partial charge in [-0.25, -0.2) is 9.78 Å². The molecule has 1 aliphatic carbocycles. The Kier molecular flexibility index (Phi) is 10.1. The minimum absolute atomic E-state index is 0.0659. The first-order valence-electron chi connectivity index (χ1n) is 11.9. The highest BCUT2D eigenvalue weighted by molar-refractivity contribution is 7.80. The number of hydrogen-bond donors (Lipinski definition) is 2. The summed E-state index contributed by atoms with van der Waals surface area (Å²) in [5.74, 6) is -1.83. The largest absolute Gasteiger partial charge is 0.469 e. The van der Waals surface area contributed by atoms with Crippen molar-refractivity contribution in [2.75, 3.05) is 7.11 Å². The van der Waals surface area contributed by atoms with Crippen molar-refractivity contribution in [3.05, 3.63) is 18.7 Å². The summed E-state index contributed by atoms with van der Waals surface area (Å²) in [4.78, 5) is 41.9. The van der Waals surface area contributed by atoms with Crippen molar-refractivity contribution in [2.24, 2.45) is 17.8 Å². The van der Waals surface area contributed by atoms with E-state index < -0.39 is 47.7 Å². The Morgan fingerprint density at radius 1 is 1.23 bits per heavy atom. The van der Waals surface area contributed by atoms with Gasteiger partial charge in [-0.1, -0.05) is 26.7 Å². The Hall–Kier alpha value is -2.69. The number of carbonyl (C=O) groups is 3. The fraction of sp³-hybridized carbons (Fsp3) is 0.708. The van der Waals surface area contributed by atoms with Gasteiger partial charge in [-0.15, -0.1) is 0 Å². The van der Waals surface area contributed by atoms with E-state index in [2.05, 4.69) is 15.6 Å². The summed E-state index contributed by atoms with van der Waals surface area (Å²) in [7, 11) is 1.31. The summed E-state index contributed by atoms with van der Waals surface area (Å²) in [5.41, 5.74) is -0.703. The molecule has 1 aromatic heterocycles. The first-order valence-corrected chi connectivity index (χ1v) is 12.4. The fourth-order valence-electron chi connectivity index (χ4n) is 4.78. The Morgan fingerprint density at radius 2 is 1.89 bits per heavy atom. The van der Waals surface area contributed by atoms with E-state index in [1.54, 1.807) is 33.2 Å². The molecule has 0 aromatic carbocycles. The molecule has 0 saturated heterocycles. The van der Waals surface area contributed by atoms with Gasteiger partial charge in [-0.2, -0.15) is 0 Å². The standard InChI is InChI=1S/C24H38N4O6S/c1-8-15(9-2)19(26-14(3)29)18-17(27-22(31)34-24(4,5)6)12-16(21(30)32-7)20(18)33-23(35)28-11-10-25-13-28/h10-11,13,15-20H,8-9,12H2,1-7H3,(H,26,29)(H,27,31)/t16-,17+,18?,19-,20+/m0/s1. The van der Waals surface area contributed by atoms with Crippen LogP contribution in [0.4, 0.5) is 4.79 Å². The van der Waals surface area contributed by atoms with Gasteiger partial charge in [0.05, 0.1) is 13.0 Å². The summed E-state index contributed by atoms with van der Waals surface area (Å²) in [5, 5.41) is 6.10. The molecule has 11 heteroatoms. The zero-order valence-corrected chi connectivity index (χ0v) is 22.4. The van der Waals surface area contributed by atoms with Crippen LogP contribution in [0.5, 0.6) is 0 Å². The summed E-state index contributed by atoms with van der Waals surface area (Å²) in [6.45, 7) is 10.8. The molecule has 0 bridgehead atoms. The number of hydrogen-bond acceptors (Lipinski definition) is 8. The topological polar surface area (TPSA) is 121 Å². The quantitative estimate of drug-likeness (QED) is 0.404. The second-order valence-electron chi connectivity index (χ2n) is 9.82. The molecule has 1 aromatic rings. The van der Waals surface area contributed by atoms with Gasteiger partial charge in [0.1, 0.15) is 18.0 Å². The zero-order chi connectivity index (χ0) is 26.3. The van der Waals surface area contributed by atoms with Crippen molar-refractivity contribution in [1.29, 1.82) is 0 Å². The SMILES string of the molecule is CCC(CC)[C@H](NC(C)=O)C1[C@H](NC(=O)OC(C)(C)C)C[C@H](C(=O)OC)[C@H]1OC(=S)n1ccnc1. The molecule has 35 heavy (non-hydrogen) atoms. The number of rotatable bonds is 8. The lowest BCUT2D eigenvalue weighted by Gasteiger charge is -2.38. The van der Waals surface area contributed by atoms with Gasteiger partial charge in [0, 0.05) is 37.3 Å². The summed E-state index contributed by atoms with van der Waals surface area (Å²) >= 11 is 5.48. The van der Waals surface area contributed by atoms with Crippen molar-refractivity contribution < 1.29 is 28.6 Å². The van der Waals surface area contributed by atoms with Gasteiger partial charge in [-0.05, 0) is 45.3 Å². The molecule has 2 amide bonds. The van der Waals surface area contributed by atoms with Crippen LogP contribution in [0, 0.1) is 17.8 Å². The van der Waals surface area contributed by atoms with Crippen LogP contribution >= 0.6 is 12.2 Å². The van der Waals surface area contributed by atoms with Gasteiger partial charge < -0.3 is 24.8 Å². The van der Waals surface area contributed by atoms with Gasteiger partial charge in [-0.3, -0.25) is 14.2 Å². The smallest absolute Gasteiger partial charge is 0.407 e. The Bertz CT molecular complexity index is 881. The average Bonchev–Trinajstić information content (AvgIpc) is 3.40. The molecule has 2 N–H and O–H groups in total. The van der Waals surface area contributed by atoms with E-state index in [1.807, 2.05) is 13.8 Å². The van der Waals surface area contributed by atoms with Crippen LogP contribution < -0.4 is 10.6 Å². The van der Waals surface area contributed by atoms with Gasteiger partial charge in [0.15, 0.2) is 0 Å². The highest BCUT2D eigenvalue weighted by atomic mass is 32.1. The lowest BCUT2D eigenvalue weighted by molar-refractivity contribution is -0.148. The van der Waals surface area contributed by atoms with Crippen LogP contribution in [0.15, 0.2) is 18.7 Å². The molecule has 1 unspecified atom stereocenters. The van der Waals surface area contributed by atoms with E-state index in [-0.39, 0.29) is 23.4 Å². The summed E-state index contributed by atoms with van der Waals surface area (Å²) in [6.07, 6.45) is 5.12. The number of esters is 1. The number of nitrogens with zero attached hydrogens (tertiary/aromatic N) is 2. The van der Waals surface area contributed by atoms with E-state index in [1.165, 1.54) is 24.9 Å². The van der Waals surface area contributed by atoms with Crippen molar-refractivity contribution in [2.45, 2.75) is 84.6 Å². The normalized spacial score (nSPS) is 22.9. The van der Waals surface area contributed by atoms with E-state index in [9.17, 15) is 14.4 Å². The minimum Gasteiger partial charge on any atom is -0.469 e. The van der Waals surface area contributed by atoms with Gasteiger partial charge in [0.2, 0.25) is 5.91 Å². The Labute approximate surface area is 212 Å². The van der Waals surface area contributed by atoms with Crippen molar-refractivity contribution in [3.8, 4) is 0 Å². The summed E-state index contributed by atoms with van der Waals surface area (Å²) < 4.78 is 18.3. The number of amides is 2. The molecule has 196 valence electrons. The number of carbonyl (C=O) groups excluding carboxylic acids is 3.